The Bertz CT molecular complexity index is 776. The van der Waals surface area contributed by atoms with Crippen LogP contribution in [0.15, 0.2) is 54.6 Å². The number of carbonyl (C=O) groups excluding carboxylic acids is 1. The lowest BCUT2D eigenvalue weighted by Crippen LogP contribution is -3.15. The van der Waals surface area contributed by atoms with Gasteiger partial charge in [0.2, 0.25) is 0 Å². The molecule has 0 radical (unpaired) electrons. The van der Waals surface area contributed by atoms with Crippen LogP contribution in [0, 0.1) is 0 Å². The second kappa shape index (κ2) is 11.1. The average molecular weight is 414 g/mol. The van der Waals surface area contributed by atoms with Crippen molar-refractivity contribution in [2.24, 2.45) is 0 Å². The number of ether oxygens (including phenoxy) is 2. The molecule has 1 aliphatic rings. The number of quaternary nitrogens is 2. The topological polar surface area (TPSA) is 56.4 Å². The molecule has 162 valence electrons. The Balaban J connectivity index is 1.58. The minimum Gasteiger partial charge on any atom is -0.497 e. The highest BCUT2D eigenvalue weighted by Gasteiger charge is 2.32. The van der Waals surface area contributed by atoms with Gasteiger partial charge in [-0.25, -0.2) is 0 Å². The Morgan fingerprint density at radius 1 is 1.13 bits per heavy atom. The molecule has 1 fully saturated rings. The summed E-state index contributed by atoms with van der Waals surface area (Å²) >= 11 is 0. The van der Waals surface area contributed by atoms with E-state index in [-0.39, 0.29) is 18.0 Å². The molecule has 30 heavy (non-hydrogen) atoms. The summed E-state index contributed by atoms with van der Waals surface area (Å²) in [6.07, 6.45) is 0. The first-order valence-electron chi connectivity index (χ1n) is 10.8. The molecular weight excluding hydrogens is 378 g/mol. The van der Waals surface area contributed by atoms with E-state index in [0.29, 0.717) is 6.54 Å². The molecule has 2 aromatic rings. The van der Waals surface area contributed by atoms with Crippen molar-refractivity contribution in [1.82, 2.24) is 5.32 Å². The van der Waals surface area contributed by atoms with E-state index in [0.717, 1.165) is 43.5 Å². The first kappa shape index (κ1) is 22.3. The van der Waals surface area contributed by atoms with Gasteiger partial charge in [0.1, 0.15) is 31.4 Å². The van der Waals surface area contributed by atoms with Gasteiger partial charge in [-0.15, -0.1) is 0 Å². The monoisotopic (exact) mass is 413 g/mol. The van der Waals surface area contributed by atoms with Gasteiger partial charge in [-0.3, -0.25) is 4.79 Å². The van der Waals surface area contributed by atoms with E-state index >= 15 is 0 Å². The number of hydrogen-bond acceptors (Lipinski definition) is 3. The number of amides is 1. The van der Waals surface area contributed by atoms with Gasteiger partial charge in [-0.1, -0.05) is 30.3 Å². The number of hydrogen-bond donors (Lipinski definition) is 3. The van der Waals surface area contributed by atoms with E-state index in [1.165, 1.54) is 16.0 Å². The Labute approximate surface area is 179 Å². The average Bonchev–Trinajstić information content (AvgIpc) is 2.75. The van der Waals surface area contributed by atoms with Crippen LogP contribution in [-0.4, -0.2) is 59.0 Å². The summed E-state index contributed by atoms with van der Waals surface area (Å²) < 4.78 is 10.8. The van der Waals surface area contributed by atoms with Crippen molar-refractivity contribution < 1.29 is 24.1 Å². The molecule has 2 aromatic carbocycles. The molecule has 1 saturated heterocycles. The minimum absolute atomic E-state index is 0.0433. The molecule has 1 heterocycles. The summed E-state index contributed by atoms with van der Waals surface area (Å²) in [5.41, 5.74) is 2.45. The molecular formula is C24H35N3O3+2. The molecule has 0 saturated carbocycles. The molecule has 0 aliphatic carbocycles. The number of likely N-dealkylation sites (N-methyl/N-ethyl adjacent to an activating group) is 1. The van der Waals surface area contributed by atoms with Gasteiger partial charge in [0, 0.05) is 11.1 Å². The third-order valence-electron chi connectivity index (χ3n) is 5.75. The number of morpholine rings is 1. The normalized spacial score (nSPS) is 17.7. The van der Waals surface area contributed by atoms with Crippen LogP contribution in [0.3, 0.4) is 0 Å². The first-order valence-corrected chi connectivity index (χ1v) is 10.8. The Kier molecular flexibility index (Phi) is 8.25. The van der Waals surface area contributed by atoms with Crippen LogP contribution in [0.1, 0.15) is 24.1 Å². The van der Waals surface area contributed by atoms with Gasteiger partial charge in [0.15, 0.2) is 6.54 Å². The standard InChI is InChI=1S/C24H33N3O3/c1-19(24(21-7-5-4-6-8-21)27-13-15-30-16-14-27)25-23(28)18-26(2)17-20-9-11-22(29-3)12-10-20/h4-12,19,24H,13-18H2,1-3H3,(H,25,28)/p+2/t19-,24+/m0/s1. The molecule has 6 heteroatoms. The highest BCUT2D eigenvalue weighted by atomic mass is 16.5. The highest BCUT2D eigenvalue weighted by Crippen LogP contribution is 2.14. The summed E-state index contributed by atoms with van der Waals surface area (Å²) in [6.45, 7) is 6.82. The summed E-state index contributed by atoms with van der Waals surface area (Å²) in [5.74, 6) is 0.933. The molecule has 3 atom stereocenters. The maximum absolute atomic E-state index is 12.8. The zero-order valence-corrected chi connectivity index (χ0v) is 18.3. The Morgan fingerprint density at radius 2 is 1.80 bits per heavy atom. The van der Waals surface area contributed by atoms with Crippen LogP contribution in [0.2, 0.25) is 0 Å². The van der Waals surface area contributed by atoms with E-state index in [1.54, 1.807) is 7.11 Å². The highest BCUT2D eigenvalue weighted by molar-refractivity contribution is 5.77. The van der Waals surface area contributed by atoms with Crippen LogP contribution in [0.4, 0.5) is 0 Å². The molecule has 1 aliphatic heterocycles. The molecule has 6 nitrogen and oxygen atoms in total. The molecule has 0 bridgehead atoms. The van der Waals surface area contributed by atoms with Crippen molar-refractivity contribution >= 4 is 5.91 Å². The van der Waals surface area contributed by atoms with Gasteiger partial charge in [-0.05, 0) is 31.2 Å². The SMILES string of the molecule is COc1ccc(C[NH+](C)CC(=O)N[C@@H](C)[C@H](c2ccccc2)[NH+]2CCOCC2)cc1. The summed E-state index contributed by atoms with van der Waals surface area (Å²) in [5, 5.41) is 3.27. The Hall–Kier alpha value is -2.41. The van der Waals surface area contributed by atoms with E-state index in [2.05, 4.69) is 55.7 Å². The smallest absolute Gasteiger partial charge is 0.275 e. The molecule has 0 aromatic heterocycles. The fraction of sp³-hybridized carbons (Fsp3) is 0.458. The predicted octanol–water partition coefficient (Wildman–Crippen LogP) is -0.129. The summed E-state index contributed by atoms with van der Waals surface area (Å²) in [7, 11) is 3.72. The van der Waals surface area contributed by atoms with E-state index < -0.39 is 0 Å². The van der Waals surface area contributed by atoms with Gasteiger partial charge in [-0.2, -0.15) is 0 Å². The maximum atomic E-state index is 12.8. The number of benzene rings is 2. The second-order valence-corrected chi connectivity index (χ2v) is 8.17. The second-order valence-electron chi connectivity index (χ2n) is 8.17. The van der Waals surface area contributed by atoms with Crippen molar-refractivity contribution in [3.63, 3.8) is 0 Å². The lowest BCUT2D eigenvalue weighted by atomic mass is 9.98. The maximum Gasteiger partial charge on any atom is 0.275 e. The van der Waals surface area contributed by atoms with Gasteiger partial charge in [0.05, 0.1) is 33.4 Å². The predicted molar refractivity (Wildman–Crippen MR) is 117 cm³/mol. The quantitative estimate of drug-likeness (QED) is 0.537. The van der Waals surface area contributed by atoms with Crippen molar-refractivity contribution in [2.75, 3.05) is 47.0 Å². The molecule has 1 amide bonds. The number of methoxy groups -OCH3 is 1. The summed E-state index contributed by atoms with van der Waals surface area (Å²) in [4.78, 5) is 15.4. The number of rotatable bonds is 9. The van der Waals surface area contributed by atoms with Gasteiger partial charge >= 0.3 is 0 Å². The largest absolute Gasteiger partial charge is 0.497 e. The molecule has 1 unspecified atom stereocenters. The van der Waals surface area contributed by atoms with Crippen LogP contribution < -0.4 is 19.9 Å². The van der Waals surface area contributed by atoms with E-state index in [9.17, 15) is 4.79 Å². The van der Waals surface area contributed by atoms with Crippen molar-refractivity contribution in [3.05, 3.63) is 65.7 Å². The van der Waals surface area contributed by atoms with Crippen LogP contribution in [-0.2, 0) is 16.1 Å². The van der Waals surface area contributed by atoms with E-state index in [4.69, 9.17) is 9.47 Å². The first-order chi connectivity index (χ1) is 14.6. The van der Waals surface area contributed by atoms with Crippen LogP contribution in [0.25, 0.3) is 0 Å². The fourth-order valence-electron chi connectivity index (χ4n) is 4.30. The van der Waals surface area contributed by atoms with Crippen molar-refractivity contribution in [3.8, 4) is 5.75 Å². The summed E-state index contributed by atoms with van der Waals surface area (Å²) in [6, 6.07) is 18.8. The van der Waals surface area contributed by atoms with Crippen molar-refractivity contribution in [2.45, 2.75) is 25.6 Å². The molecule has 3 N–H and O–H groups in total. The van der Waals surface area contributed by atoms with Gasteiger partial charge < -0.3 is 24.6 Å². The lowest BCUT2D eigenvalue weighted by Gasteiger charge is -2.35. The molecule has 0 spiro atoms. The zero-order chi connectivity index (χ0) is 21.3. The van der Waals surface area contributed by atoms with Crippen molar-refractivity contribution in [1.29, 1.82) is 0 Å². The minimum atomic E-state index is 0.0433. The van der Waals surface area contributed by atoms with Gasteiger partial charge in [0.25, 0.3) is 5.91 Å². The van der Waals surface area contributed by atoms with Crippen LogP contribution >= 0.6 is 0 Å². The number of nitrogens with one attached hydrogen (secondary N) is 3. The molecule has 3 rings (SSSR count). The number of carbonyl (C=O) groups is 1. The van der Waals surface area contributed by atoms with Crippen LogP contribution in [0.5, 0.6) is 5.75 Å². The van der Waals surface area contributed by atoms with E-state index in [1.807, 2.05) is 18.2 Å². The fourth-order valence-corrected chi connectivity index (χ4v) is 4.30. The Morgan fingerprint density at radius 3 is 2.43 bits per heavy atom. The third kappa shape index (κ3) is 6.29. The zero-order valence-electron chi connectivity index (χ0n) is 18.3. The lowest BCUT2D eigenvalue weighted by molar-refractivity contribution is -0.940. The third-order valence-corrected chi connectivity index (χ3v) is 5.75.